The van der Waals surface area contributed by atoms with E-state index in [1.54, 1.807) is 0 Å². The Kier molecular flexibility index (Phi) is 5.85. The average molecular weight is 433 g/mol. The van der Waals surface area contributed by atoms with E-state index in [9.17, 15) is 0 Å². The first-order valence-corrected chi connectivity index (χ1v) is 10.9. The summed E-state index contributed by atoms with van der Waals surface area (Å²) in [6.07, 6.45) is 1.51. The third-order valence-electron chi connectivity index (χ3n) is 5.49. The molecule has 0 aliphatic heterocycles. The Morgan fingerprint density at radius 1 is 0.667 bits per heavy atom. The van der Waals surface area contributed by atoms with Gasteiger partial charge in [-0.25, -0.2) is 4.98 Å². The van der Waals surface area contributed by atoms with E-state index in [1.165, 1.54) is 17.5 Å². The molecule has 0 amide bonds. The van der Waals surface area contributed by atoms with Gasteiger partial charge in [0.1, 0.15) is 17.8 Å². The number of aromatic nitrogens is 2. The second kappa shape index (κ2) is 9.40. The predicted octanol–water partition coefficient (Wildman–Crippen LogP) is 6.21. The molecule has 1 aromatic heterocycles. The molecule has 0 radical (unpaired) electrons. The van der Waals surface area contributed by atoms with Crippen LogP contribution >= 0.6 is 0 Å². The second-order valence-electron chi connectivity index (χ2n) is 7.85. The van der Waals surface area contributed by atoms with Gasteiger partial charge in [0.05, 0.1) is 0 Å². The highest BCUT2D eigenvalue weighted by molar-refractivity contribution is 5.84. The monoisotopic (exact) mass is 432 g/mol. The molecule has 0 bridgehead atoms. The molecule has 5 aromatic rings. The van der Waals surface area contributed by atoms with Gasteiger partial charge in [0, 0.05) is 13.1 Å². The Hall–Kier alpha value is -4.38. The summed E-state index contributed by atoms with van der Waals surface area (Å²) in [5, 5.41) is 2.25. The van der Waals surface area contributed by atoms with Crippen LogP contribution < -0.4 is 15.4 Å². The van der Waals surface area contributed by atoms with Crippen molar-refractivity contribution in [1.82, 2.24) is 9.97 Å². The normalized spacial score (nSPS) is 10.8. The van der Waals surface area contributed by atoms with Crippen molar-refractivity contribution in [2.45, 2.75) is 13.1 Å². The number of anilines is 2. The van der Waals surface area contributed by atoms with E-state index >= 15 is 0 Å². The minimum Gasteiger partial charge on any atom is -0.437 e. The van der Waals surface area contributed by atoms with Gasteiger partial charge in [-0.3, -0.25) is 0 Å². The number of hydrogen-bond donors (Lipinski definition) is 1. The van der Waals surface area contributed by atoms with Crippen LogP contribution in [0, 0.1) is 0 Å². The highest BCUT2D eigenvalue weighted by Crippen LogP contribution is 2.34. The summed E-state index contributed by atoms with van der Waals surface area (Å²) < 4.78 is 6.11. The van der Waals surface area contributed by atoms with Crippen molar-refractivity contribution in [2.75, 3.05) is 10.6 Å². The van der Waals surface area contributed by atoms with Crippen molar-refractivity contribution >= 4 is 22.3 Å². The van der Waals surface area contributed by atoms with Crippen LogP contribution in [0.2, 0.25) is 0 Å². The number of nitrogens with two attached hydrogens (primary N) is 1. The fraction of sp³-hybridized carbons (Fsp3) is 0.0714. The first-order valence-electron chi connectivity index (χ1n) is 10.9. The van der Waals surface area contributed by atoms with E-state index in [-0.39, 0.29) is 0 Å². The third-order valence-corrected chi connectivity index (χ3v) is 5.49. The van der Waals surface area contributed by atoms with Crippen molar-refractivity contribution in [3.8, 4) is 11.6 Å². The maximum atomic E-state index is 6.56. The lowest BCUT2D eigenvalue weighted by Crippen LogP contribution is -2.24. The first-order chi connectivity index (χ1) is 16.3. The van der Waals surface area contributed by atoms with E-state index in [2.05, 4.69) is 51.3 Å². The molecule has 0 fully saturated rings. The Morgan fingerprint density at radius 2 is 1.27 bits per heavy atom. The number of hydrogen-bond acceptors (Lipinski definition) is 5. The van der Waals surface area contributed by atoms with Gasteiger partial charge in [0.15, 0.2) is 5.82 Å². The van der Waals surface area contributed by atoms with Gasteiger partial charge in [-0.05, 0) is 34.0 Å². The van der Waals surface area contributed by atoms with E-state index in [0.717, 1.165) is 10.8 Å². The van der Waals surface area contributed by atoms with Crippen LogP contribution in [0.3, 0.4) is 0 Å². The van der Waals surface area contributed by atoms with Crippen molar-refractivity contribution < 1.29 is 4.74 Å². The standard InChI is InChI=1S/C28H24N4O/c29-26-27(32(18-21-9-3-1-4-10-21)19-22-11-5-2-6-12-22)30-20-31-28(26)33-25-16-15-23-13-7-8-14-24(23)17-25/h1-17,20H,18-19,29H2. The van der Waals surface area contributed by atoms with Crippen molar-refractivity contribution in [3.63, 3.8) is 0 Å². The zero-order valence-electron chi connectivity index (χ0n) is 18.1. The molecular formula is C28H24N4O. The van der Waals surface area contributed by atoms with Crippen LogP contribution in [-0.4, -0.2) is 9.97 Å². The van der Waals surface area contributed by atoms with Crippen molar-refractivity contribution in [3.05, 3.63) is 121 Å². The number of benzene rings is 4. The Balaban J connectivity index is 1.47. The molecule has 4 aromatic carbocycles. The molecule has 0 atom stereocenters. The molecule has 2 N–H and O–H groups in total. The molecule has 0 unspecified atom stereocenters. The highest BCUT2D eigenvalue weighted by Gasteiger charge is 2.18. The van der Waals surface area contributed by atoms with E-state index < -0.39 is 0 Å². The Labute approximate surface area is 193 Å². The number of ether oxygens (including phenoxy) is 1. The zero-order valence-corrected chi connectivity index (χ0v) is 18.1. The van der Waals surface area contributed by atoms with E-state index in [0.29, 0.717) is 36.2 Å². The van der Waals surface area contributed by atoms with Crippen LogP contribution in [0.15, 0.2) is 109 Å². The largest absolute Gasteiger partial charge is 0.437 e. The molecule has 1 heterocycles. The van der Waals surface area contributed by atoms with Gasteiger partial charge in [-0.2, -0.15) is 4.98 Å². The molecule has 162 valence electrons. The maximum Gasteiger partial charge on any atom is 0.248 e. The average Bonchev–Trinajstić information content (AvgIpc) is 2.86. The van der Waals surface area contributed by atoms with Crippen LogP contribution in [0.25, 0.3) is 10.8 Å². The lowest BCUT2D eigenvalue weighted by Gasteiger charge is -2.25. The van der Waals surface area contributed by atoms with E-state index in [1.807, 2.05) is 66.7 Å². The molecule has 5 rings (SSSR count). The van der Waals surface area contributed by atoms with Gasteiger partial charge in [-0.15, -0.1) is 0 Å². The molecule has 0 aliphatic carbocycles. The molecule has 0 saturated heterocycles. The number of nitrogens with zero attached hydrogens (tertiary/aromatic N) is 3. The summed E-state index contributed by atoms with van der Waals surface area (Å²) in [5.41, 5.74) is 9.31. The van der Waals surface area contributed by atoms with Crippen LogP contribution in [0.4, 0.5) is 11.5 Å². The van der Waals surface area contributed by atoms with Crippen LogP contribution in [0.1, 0.15) is 11.1 Å². The summed E-state index contributed by atoms with van der Waals surface area (Å²) in [6, 6.07) is 34.7. The lowest BCUT2D eigenvalue weighted by molar-refractivity contribution is 0.464. The Morgan fingerprint density at radius 3 is 1.94 bits per heavy atom. The third kappa shape index (κ3) is 4.77. The summed E-state index contributed by atoms with van der Waals surface area (Å²) in [7, 11) is 0. The van der Waals surface area contributed by atoms with Crippen LogP contribution in [-0.2, 0) is 13.1 Å². The van der Waals surface area contributed by atoms with E-state index in [4.69, 9.17) is 10.5 Å². The first kappa shape index (κ1) is 20.5. The van der Waals surface area contributed by atoms with Gasteiger partial charge in [0.25, 0.3) is 0 Å². The minimum atomic E-state index is 0.349. The lowest BCUT2D eigenvalue weighted by atomic mass is 10.1. The summed E-state index contributed by atoms with van der Waals surface area (Å²) >= 11 is 0. The SMILES string of the molecule is Nc1c(Oc2ccc3ccccc3c2)ncnc1N(Cc1ccccc1)Cc1ccccc1. The van der Waals surface area contributed by atoms with Gasteiger partial charge in [0.2, 0.25) is 5.88 Å². The summed E-state index contributed by atoms with van der Waals surface area (Å²) in [5.74, 6) is 1.68. The molecular weight excluding hydrogens is 408 g/mol. The molecule has 0 spiro atoms. The predicted molar refractivity (Wildman–Crippen MR) is 133 cm³/mol. The minimum absolute atomic E-state index is 0.349. The van der Waals surface area contributed by atoms with Gasteiger partial charge < -0.3 is 15.4 Å². The molecule has 5 heteroatoms. The topological polar surface area (TPSA) is 64.3 Å². The maximum absolute atomic E-state index is 6.56. The van der Waals surface area contributed by atoms with Crippen molar-refractivity contribution in [2.24, 2.45) is 0 Å². The van der Waals surface area contributed by atoms with Gasteiger partial charge in [-0.1, -0.05) is 91.0 Å². The molecule has 33 heavy (non-hydrogen) atoms. The number of fused-ring (bicyclic) bond motifs is 1. The fourth-order valence-corrected chi connectivity index (χ4v) is 3.86. The second-order valence-corrected chi connectivity index (χ2v) is 7.85. The van der Waals surface area contributed by atoms with Crippen LogP contribution in [0.5, 0.6) is 11.6 Å². The number of rotatable bonds is 7. The quantitative estimate of drug-likeness (QED) is 0.331. The smallest absolute Gasteiger partial charge is 0.248 e. The highest BCUT2D eigenvalue weighted by atomic mass is 16.5. The van der Waals surface area contributed by atoms with Gasteiger partial charge >= 0.3 is 0 Å². The molecule has 5 nitrogen and oxygen atoms in total. The summed E-state index contributed by atoms with van der Waals surface area (Å²) in [6.45, 7) is 1.32. The molecule has 0 aliphatic rings. The Bertz CT molecular complexity index is 1320. The summed E-state index contributed by atoms with van der Waals surface area (Å²) in [4.78, 5) is 11.0. The zero-order chi connectivity index (χ0) is 22.5. The molecule has 0 saturated carbocycles. The number of nitrogen functional groups attached to an aromatic ring is 1. The van der Waals surface area contributed by atoms with Crippen molar-refractivity contribution in [1.29, 1.82) is 0 Å². The fourth-order valence-electron chi connectivity index (χ4n) is 3.86.